The molecular formula is C26H50N2O4. The maximum Gasteiger partial charge on any atom is 0.238 e. The van der Waals surface area contributed by atoms with Gasteiger partial charge in [0, 0.05) is 0 Å². The minimum atomic E-state index is -1.25. The Morgan fingerprint density at radius 2 is 1.16 bits per heavy atom. The highest BCUT2D eigenvalue weighted by Crippen LogP contribution is 2.42. The molecule has 0 radical (unpaired) electrons. The van der Waals surface area contributed by atoms with Crippen molar-refractivity contribution in [3.63, 3.8) is 0 Å². The molecule has 0 spiro atoms. The van der Waals surface area contributed by atoms with Gasteiger partial charge in [0.25, 0.3) is 0 Å². The van der Waals surface area contributed by atoms with E-state index in [2.05, 4.69) is 0 Å². The van der Waals surface area contributed by atoms with E-state index in [-0.39, 0.29) is 5.91 Å². The summed E-state index contributed by atoms with van der Waals surface area (Å²) in [6, 6.07) is -1.08. The van der Waals surface area contributed by atoms with Gasteiger partial charge < -0.3 is 20.8 Å². The van der Waals surface area contributed by atoms with Crippen LogP contribution in [0.15, 0.2) is 0 Å². The summed E-state index contributed by atoms with van der Waals surface area (Å²) in [5, 5.41) is 23.4. The molecule has 6 nitrogen and oxygen atoms in total. The molecular weight excluding hydrogens is 404 g/mol. The normalized spacial score (nSPS) is 18.8. The molecule has 0 saturated heterocycles. The monoisotopic (exact) mass is 454 g/mol. The van der Waals surface area contributed by atoms with Crippen molar-refractivity contribution in [2.75, 3.05) is 0 Å². The Labute approximate surface area is 196 Å². The van der Waals surface area contributed by atoms with Gasteiger partial charge in [-0.2, -0.15) is 0 Å². The summed E-state index contributed by atoms with van der Waals surface area (Å²) in [7, 11) is 0. The third kappa shape index (κ3) is 6.05. The van der Waals surface area contributed by atoms with Crippen LogP contribution in [0.3, 0.4) is 0 Å². The SMILES string of the molecule is CCCC(O)(CCC)[C@@H](C)N(C(=O)C1(C(N)=O)CCCCC1)[C@H](C)C(O)(CCC)CCC. The fourth-order valence-electron chi connectivity index (χ4n) is 5.99. The van der Waals surface area contributed by atoms with Crippen molar-refractivity contribution in [2.45, 2.75) is 148 Å². The second-order valence-corrected chi connectivity index (χ2v) is 10.3. The summed E-state index contributed by atoms with van der Waals surface area (Å²) in [6.07, 6.45) is 8.81. The molecule has 1 saturated carbocycles. The fourth-order valence-corrected chi connectivity index (χ4v) is 5.99. The number of nitrogens with zero attached hydrogens (tertiary/aromatic N) is 1. The van der Waals surface area contributed by atoms with E-state index in [1.807, 2.05) is 41.5 Å². The third-order valence-electron chi connectivity index (χ3n) is 7.94. The molecule has 1 aliphatic rings. The zero-order valence-corrected chi connectivity index (χ0v) is 21.6. The molecule has 0 aromatic heterocycles. The van der Waals surface area contributed by atoms with E-state index in [0.717, 1.165) is 44.9 Å². The smallest absolute Gasteiger partial charge is 0.238 e. The number of aliphatic hydroxyl groups is 2. The average Bonchev–Trinajstić information content (AvgIpc) is 2.74. The quantitative estimate of drug-likeness (QED) is 0.331. The van der Waals surface area contributed by atoms with Gasteiger partial charge in [0.05, 0.1) is 23.3 Å². The Hall–Kier alpha value is -1.14. The van der Waals surface area contributed by atoms with Crippen molar-refractivity contribution in [1.29, 1.82) is 0 Å². The number of carbonyl (C=O) groups excluding carboxylic acids is 2. The van der Waals surface area contributed by atoms with Crippen LogP contribution in [0.2, 0.25) is 0 Å². The molecule has 0 bridgehead atoms. The van der Waals surface area contributed by atoms with Crippen LogP contribution in [0.5, 0.6) is 0 Å². The highest BCUT2D eigenvalue weighted by Gasteiger charge is 2.53. The summed E-state index contributed by atoms with van der Waals surface area (Å²) < 4.78 is 0. The maximum absolute atomic E-state index is 14.3. The minimum absolute atomic E-state index is 0.305. The molecule has 0 aromatic carbocycles. The zero-order chi connectivity index (χ0) is 24.6. The Bertz CT molecular complexity index is 561. The molecule has 0 unspecified atom stereocenters. The van der Waals surface area contributed by atoms with E-state index in [9.17, 15) is 19.8 Å². The van der Waals surface area contributed by atoms with Gasteiger partial charge >= 0.3 is 0 Å². The predicted molar refractivity (Wildman–Crippen MR) is 130 cm³/mol. The summed E-state index contributed by atoms with van der Waals surface area (Å²) >= 11 is 0. The molecule has 4 N–H and O–H groups in total. The van der Waals surface area contributed by atoms with Crippen molar-refractivity contribution < 1.29 is 19.8 Å². The van der Waals surface area contributed by atoms with Gasteiger partial charge in [-0.3, -0.25) is 9.59 Å². The topological polar surface area (TPSA) is 104 Å². The van der Waals surface area contributed by atoms with E-state index in [1.165, 1.54) is 0 Å². The number of rotatable bonds is 14. The number of amides is 2. The number of hydrogen-bond donors (Lipinski definition) is 3. The van der Waals surface area contributed by atoms with Gasteiger partial charge in [-0.1, -0.05) is 72.6 Å². The van der Waals surface area contributed by atoms with Crippen LogP contribution in [0.1, 0.15) is 125 Å². The lowest BCUT2D eigenvalue weighted by Gasteiger charge is -2.51. The van der Waals surface area contributed by atoms with Crippen LogP contribution in [-0.4, -0.2) is 50.2 Å². The van der Waals surface area contributed by atoms with E-state index >= 15 is 0 Å². The second kappa shape index (κ2) is 12.4. The molecule has 6 heteroatoms. The van der Waals surface area contributed by atoms with Gasteiger partial charge in [0.15, 0.2) is 0 Å². The molecule has 1 rings (SSSR count). The van der Waals surface area contributed by atoms with Gasteiger partial charge in [-0.15, -0.1) is 0 Å². The standard InChI is InChI=1S/C26H50N2O4/c1-7-14-25(31,15-8-2)20(5)28(21(6)26(32,16-9-3)17-10-4)23(30)24(22(27)29)18-12-11-13-19-24/h20-21,31-32H,7-19H2,1-6H3,(H2,27,29)/t20-,21-/m1/s1. The van der Waals surface area contributed by atoms with Crippen LogP contribution in [0, 0.1) is 5.41 Å². The minimum Gasteiger partial charge on any atom is -0.388 e. The van der Waals surface area contributed by atoms with Crippen LogP contribution >= 0.6 is 0 Å². The Morgan fingerprint density at radius 3 is 1.44 bits per heavy atom. The molecule has 1 aliphatic carbocycles. The number of primary amides is 1. The lowest BCUT2D eigenvalue weighted by molar-refractivity contribution is -0.172. The van der Waals surface area contributed by atoms with Gasteiger partial charge in [0.1, 0.15) is 5.41 Å². The van der Waals surface area contributed by atoms with Crippen LogP contribution < -0.4 is 5.73 Å². The van der Waals surface area contributed by atoms with E-state index in [0.29, 0.717) is 38.5 Å². The van der Waals surface area contributed by atoms with Crippen molar-refractivity contribution in [3.05, 3.63) is 0 Å². The molecule has 32 heavy (non-hydrogen) atoms. The average molecular weight is 455 g/mol. The lowest BCUT2D eigenvalue weighted by Crippen LogP contribution is -2.66. The van der Waals surface area contributed by atoms with Gasteiger partial charge in [-0.05, 0) is 52.4 Å². The first-order valence-electron chi connectivity index (χ1n) is 13.1. The van der Waals surface area contributed by atoms with Gasteiger partial charge in [0.2, 0.25) is 11.8 Å². The Kier molecular flexibility index (Phi) is 11.2. The molecule has 1 fully saturated rings. The van der Waals surface area contributed by atoms with E-state index in [4.69, 9.17) is 5.73 Å². The molecule has 0 aliphatic heterocycles. The first-order valence-corrected chi connectivity index (χ1v) is 13.1. The number of hydrogen-bond acceptors (Lipinski definition) is 4. The Balaban J connectivity index is 3.61. The highest BCUT2D eigenvalue weighted by atomic mass is 16.3. The van der Waals surface area contributed by atoms with Crippen molar-refractivity contribution >= 4 is 11.8 Å². The largest absolute Gasteiger partial charge is 0.388 e. The first kappa shape index (κ1) is 28.9. The summed E-state index contributed by atoms with van der Waals surface area (Å²) in [5.74, 6) is -0.878. The number of nitrogens with two attached hydrogens (primary N) is 1. The maximum atomic E-state index is 14.3. The third-order valence-corrected chi connectivity index (χ3v) is 7.94. The molecule has 0 heterocycles. The molecule has 0 aromatic rings. The van der Waals surface area contributed by atoms with Crippen molar-refractivity contribution in [1.82, 2.24) is 4.90 Å². The van der Waals surface area contributed by atoms with Crippen molar-refractivity contribution in [3.8, 4) is 0 Å². The molecule has 188 valence electrons. The van der Waals surface area contributed by atoms with Crippen LogP contribution in [0.25, 0.3) is 0 Å². The van der Waals surface area contributed by atoms with Crippen molar-refractivity contribution in [2.24, 2.45) is 11.1 Å². The number of carbonyl (C=O) groups is 2. The second-order valence-electron chi connectivity index (χ2n) is 10.3. The van der Waals surface area contributed by atoms with E-state index in [1.54, 1.807) is 4.90 Å². The zero-order valence-electron chi connectivity index (χ0n) is 21.6. The van der Waals surface area contributed by atoms with Gasteiger partial charge in [-0.25, -0.2) is 0 Å². The molecule has 2 atom stereocenters. The van der Waals surface area contributed by atoms with E-state index < -0.39 is 34.6 Å². The predicted octanol–water partition coefficient (Wildman–Crippen LogP) is 4.69. The summed E-state index contributed by atoms with van der Waals surface area (Å²) in [6.45, 7) is 11.9. The first-order chi connectivity index (χ1) is 15.0. The Morgan fingerprint density at radius 1 is 0.812 bits per heavy atom. The lowest BCUT2D eigenvalue weighted by atomic mass is 9.70. The summed E-state index contributed by atoms with van der Waals surface area (Å²) in [4.78, 5) is 28.7. The highest BCUT2D eigenvalue weighted by molar-refractivity contribution is 6.04. The van der Waals surface area contributed by atoms with Crippen LogP contribution in [0.4, 0.5) is 0 Å². The summed E-state index contributed by atoms with van der Waals surface area (Å²) in [5.41, 5.74) is 2.47. The van der Waals surface area contributed by atoms with Crippen LogP contribution in [-0.2, 0) is 9.59 Å². The fraction of sp³-hybridized carbons (Fsp3) is 0.923. The molecule has 2 amide bonds.